The fraction of sp³-hybridized carbons (Fsp3) is 0.636. The maximum atomic E-state index is 12.4. The summed E-state index contributed by atoms with van der Waals surface area (Å²) >= 11 is 6.23. The molecule has 0 aromatic carbocycles. The first-order valence-corrected chi connectivity index (χ1v) is 10.3. The lowest BCUT2D eigenvalue weighted by Gasteiger charge is -2.23. The molecule has 1 aliphatic rings. The quantitative estimate of drug-likeness (QED) is 0.567. The minimum Gasteiger partial charge on any atom is -0.485 e. The summed E-state index contributed by atoms with van der Waals surface area (Å²) in [6.07, 6.45) is 9.55. The Morgan fingerprint density at radius 2 is 2.22 bits per heavy atom. The Morgan fingerprint density at radius 1 is 1.48 bits per heavy atom. The predicted molar refractivity (Wildman–Crippen MR) is 112 cm³/mol. The molecule has 1 aliphatic heterocycles. The van der Waals surface area contributed by atoms with E-state index in [1.807, 2.05) is 11.0 Å². The van der Waals surface area contributed by atoms with Crippen molar-refractivity contribution in [2.45, 2.75) is 66.4 Å². The van der Waals surface area contributed by atoms with Gasteiger partial charge < -0.3 is 9.64 Å². The summed E-state index contributed by atoms with van der Waals surface area (Å²) in [6.45, 7) is 12.0. The van der Waals surface area contributed by atoms with Crippen molar-refractivity contribution in [2.24, 2.45) is 11.3 Å². The Balaban J connectivity index is 1.95. The summed E-state index contributed by atoms with van der Waals surface area (Å²) in [4.78, 5) is 18.5. The van der Waals surface area contributed by atoms with Crippen molar-refractivity contribution in [3.05, 3.63) is 29.1 Å². The molecule has 0 bridgehead atoms. The molecule has 0 aliphatic carbocycles. The third kappa shape index (κ3) is 7.17. The number of halogens is 1. The van der Waals surface area contributed by atoms with Crippen molar-refractivity contribution < 1.29 is 9.53 Å². The highest BCUT2D eigenvalue weighted by atomic mass is 35.5. The van der Waals surface area contributed by atoms with Crippen molar-refractivity contribution >= 4 is 23.6 Å². The zero-order valence-corrected chi connectivity index (χ0v) is 18.1. The van der Waals surface area contributed by atoms with Crippen molar-refractivity contribution in [1.82, 2.24) is 9.88 Å². The highest BCUT2D eigenvalue weighted by Crippen LogP contribution is 2.28. The van der Waals surface area contributed by atoms with Crippen LogP contribution in [0.4, 0.5) is 0 Å². The highest BCUT2D eigenvalue weighted by molar-refractivity contribution is 6.30. The number of hydrogen-bond acceptors (Lipinski definition) is 3. The van der Waals surface area contributed by atoms with E-state index in [1.54, 1.807) is 6.20 Å². The van der Waals surface area contributed by atoms with Gasteiger partial charge in [0.05, 0.1) is 6.54 Å². The van der Waals surface area contributed by atoms with Crippen LogP contribution < -0.4 is 4.74 Å². The zero-order valence-electron chi connectivity index (χ0n) is 17.3. The van der Waals surface area contributed by atoms with Crippen molar-refractivity contribution in [1.29, 1.82) is 0 Å². The number of nitrogens with zero attached hydrogens (tertiary/aromatic N) is 2. The van der Waals surface area contributed by atoms with Crippen molar-refractivity contribution in [3.63, 3.8) is 0 Å². The van der Waals surface area contributed by atoms with Crippen LogP contribution in [0.5, 0.6) is 5.75 Å². The number of carbonyl (C=O) groups is 1. The first kappa shape index (κ1) is 21.7. The van der Waals surface area contributed by atoms with Crippen molar-refractivity contribution in [2.75, 3.05) is 13.1 Å². The van der Waals surface area contributed by atoms with Gasteiger partial charge in [-0.3, -0.25) is 4.79 Å². The third-order valence-corrected chi connectivity index (χ3v) is 5.13. The van der Waals surface area contributed by atoms with Gasteiger partial charge in [-0.1, -0.05) is 64.8 Å². The first-order valence-electron chi connectivity index (χ1n) is 9.94. The summed E-state index contributed by atoms with van der Waals surface area (Å²) in [7, 11) is 0. The summed E-state index contributed by atoms with van der Waals surface area (Å²) in [5.41, 5.74) is 0.982. The van der Waals surface area contributed by atoms with Crippen LogP contribution in [-0.2, 0) is 4.79 Å². The van der Waals surface area contributed by atoms with Gasteiger partial charge in [0.25, 0.3) is 0 Å². The van der Waals surface area contributed by atoms with E-state index in [1.165, 1.54) is 6.42 Å². The molecule has 0 radical (unpaired) electrons. The molecule has 1 amide bonds. The van der Waals surface area contributed by atoms with E-state index in [0.717, 1.165) is 24.9 Å². The number of pyridine rings is 1. The molecule has 0 unspecified atom stereocenters. The Morgan fingerprint density at radius 3 is 2.89 bits per heavy atom. The zero-order chi connectivity index (χ0) is 20.0. The standard InChI is InChI=1S/C22H33ClN2O2/c1-6-16(2)8-7-9-17-12-19(21(23)24-14-17)27-18-10-11-25(15-18)20(26)13-22(3,4)5/h7,9,12,14,16,18H,6,8,10-11,13,15H2,1-5H3/b9-7+/t16-,18+/m1/s1. The largest absolute Gasteiger partial charge is 0.485 e. The molecule has 2 heterocycles. The average molecular weight is 393 g/mol. The van der Waals surface area contributed by atoms with Crippen molar-refractivity contribution in [3.8, 4) is 5.75 Å². The van der Waals surface area contributed by atoms with E-state index in [9.17, 15) is 4.79 Å². The third-order valence-electron chi connectivity index (χ3n) is 4.85. The van der Waals surface area contributed by atoms with Gasteiger partial charge in [0.1, 0.15) is 6.10 Å². The lowest BCUT2D eigenvalue weighted by molar-refractivity contribution is -0.132. The van der Waals surface area contributed by atoms with Crippen LogP contribution >= 0.6 is 11.6 Å². The Hall–Kier alpha value is -1.55. The summed E-state index contributed by atoms with van der Waals surface area (Å²) in [5, 5.41) is 0.369. The SMILES string of the molecule is CC[C@@H](C)C/C=C/c1cnc(Cl)c(O[C@H]2CCN(C(=O)CC(C)(C)C)C2)c1. The van der Waals surface area contributed by atoms with E-state index in [4.69, 9.17) is 16.3 Å². The number of rotatable bonds is 7. The number of amides is 1. The Bertz CT molecular complexity index is 667. The molecular formula is C22H33ClN2O2. The minimum atomic E-state index is -0.0347. The molecule has 0 N–H and O–H groups in total. The van der Waals surface area contributed by atoms with Gasteiger partial charge in [0.2, 0.25) is 5.91 Å². The average Bonchev–Trinajstić information content (AvgIpc) is 3.05. The molecule has 4 nitrogen and oxygen atoms in total. The van der Waals surface area contributed by atoms with Crippen LogP contribution in [0.3, 0.4) is 0 Å². The number of likely N-dealkylation sites (tertiary alicyclic amines) is 1. The van der Waals surface area contributed by atoms with Crippen LogP contribution in [0.1, 0.15) is 65.9 Å². The van der Waals surface area contributed by atoms with Crippen LogP contribution in [0.15, 0.2) is 18.3 Å². The van der Waals surface area contributed by atoms with Crippen LogP contribution in [0.25, 0.3) is 6.08 Å². The van der Waals surface area contributed by atoms with Crippen LogP contribution in [-0.4, -0.2) is 35.0 Å². The molecule has 0 spiro atoms. The van der Waals surface area contributed by atoms with E-state index >= 15 is 0 Å². The topological polar surface area (TPSA) is 42.4 Å². The smallest absolute Gasteiger partial charge is 0.223 e. The molecule has 1 saturated heterocycles. The number of hydrogen-bond donors (Lipinski definition) is 0. The highest BCUT2D eigenvalue weighted by Gasteiger charge is 2.30. The molecule has 1 aromatic rings. The summed E-state index contributed by atoms with van der Waals surface area (Å²) < 4.78 is 6.08. The first-order chi connectivity index (χ1) is 12.7. The van der Waals surface area contributed by atoms with Crippen LogP contribution in [0, 0.1) is 11.3 Å². The number of allylic oxidation sites excluding steroid dienone is 1. The maximum absolute atomic E-state index is 12.4. The lowest BCUT2D eigenvalue weighted by Crippen LogP contribution is -2.33. The second-order valence-corrected chi connectivity index (χ2v) is 9.17. The molecule has 0 saturated carbocycles. The van der Waals surface area contributed by atoms with Crippen LogP contribution in [0.2, 0.25) is 5.15 Å². The molecule has 150 valence electrons. The van der Waals surface area contributed by atoms with Gasteiger partial charge in [-0.05, 0) is 29.4 Å². The molecule has 1 aromatic heterocycles. The predicted octanol–water partition coefficient (Wildman–Crippen LogP) is 5.60. The fourth-order valence-corrected chi connectivity index (χ4v) is 3.16. The van der Waals surface area contributed by atoms with E-state index in [2.05, 4.69) is 51.8 Å². The second-order valence-electron chi connectivity index (χ2n) is 8.81. The van der Waals surface area contributed by atoms with Gasteiger partial charge in [-0.2, -0.15) is 0 Å². The normalized spacial score (nSPS) is 18.9. The van der Waals surface area contributed by atoms with Gasteiger partial charge in [0.15, 0.2) is 10.9 Å². The molecule has 5 heteroatoms. The van der Waals surface area contributed by atoms with E-state index < -0.39 is 0 Å². The Labute approximate surface area is 168 Å². The van der Waals surface area contributed by atoms with Gasteiger partial charge >= 0.3 is 0 Å². The van der Waals surface area contributed by atoms with Gasteiger partial charge in [-0.15, -0.1) is 0 Å². The molecular weight excluding hydrogens is 360 g/mol. The fourth-order valence-electron chi connectivity index (χ4n) is 3.02. The second kappa shape index (κ2) is 9.59. The summed E-state index contributed by atoms with van der Waals surface area (Å²) in [6, 6.07) is 1.93. The minimum absolute atomic E-state index is 0.000799. The van der Waals surface area contributed by atoms with Gasteiger partial charge in [-0.25, -0.2) is 4.98 Å². The molecule has 27 heavy (non-hydrogen) atoms. The Kier molecular flexibility index (Phi) is 7.72. The molecule has 2 rings (SSSR count). The molecule has 1 fully saturated rings. The maximum Gasteiger partial charge on any atom is 0.223 e. The number of carbonyl (C=O) groups excluding carboxylic acids is 1. The van der Waals surface area contributed by atoms with Gasteiger partial charge in [0, 0.05) is 25.6 Å². The van der Waals surface area contributed by atoms with E-state index in [0.29, 0.717) is 29.8 Å². The monoisotopic (exact) mass is 392 g/mol. The summed E-state index contributed by atoms with van der Waals surface area (Å²) in [5.74, 6) is 1.46. The number of ether oxygens (including phenoxy) is 1. The number of aromatic nitrogens is 1. The molecule has 2 atom stereocenters. The van der Waals surface area contributed by atoms with E-state index in [-0.39, 0.29) is 17.4 Å². The lowest BCUT2D eigenvalue weighted by atomic mass is 9.92.